The van der Waals surface area contributed by atoms with E-state index in [1.54, 1.807) is 6.92 Å². The van der Waals surface area contributed by atoms with Gasteiger partial charge in [-0.15, -0.1) is 5.10 Å². The Morgan fingerprint density at radius 3 is 2.71 bits per heavy atom. The van der Waals surface area contributed by atoms with Gasteiger partial charge in [0, 0.05) is 6.42 Å². The molecule has 0 amide bonds. The van der Waals surface area contributed by atoms with Crippen LogP contribution >= 0.6 is 0 Å². The predicted octanol–water partition coefficient (Wildman–Crippen LogP) is 2.61. The van der Waals surface area contributed by atoms with Crippen molar-refractivity contribution in [2.75, 3.05) is 0 Å². The normalized spacial score (nSPS) is 11.6. The molecule has 0 atom stereocenters. The van der Waals surface area contributed by atoms with Gasteiger partial charge < -0.3 is 5.11 Å². The zero-order valence-electron chi connectivity index (χ0n) is 11.1. The Hall–Kier alpha value is -2.38. The maximum atomic E-state index is 12.7. The smallest absolute Gasteiger partial charge is 0.416 e. The highest BCUT2D eigenvalue weighted by molar-refractivity contribution is 5.66. The monoisotopic (exact) mass is 299 g/mol. The molecule has 5 nitrogen and oxygen atoms in total. The summed E-state index contributed by atoms with van der Waals surface area (Å²) in [5.74, 6) is -0.972. The lowest BCUT2D eigenvalue weighted by Crippen LogP contribution is -2.07. The molecule has 8 heteroatoms. The van der Waals surface area contributed by atoms with Gasteiger partial charge in [-0.1, -0.05) is 11.3 Å². The lowest BCUT2D eigenvalue weighted by molar-refractivity contribution is -0.138. The first-order valence-electron chi connectivity index (χ1n) is 6.08. The lowest BCUT2D eigenvalue weighted by Gasteiger charge is -2.10. The number of carboxylic acids is 1. The first kappa shape index (κ1) is 15.0. The summed E-state index contributed by atoms with van der Waals surface area (Å²) in [6.45, 7) is 1.66. The van der Waals surface area contributed by atoms with Crippen molar-refractivity contribution in [3.63, 3.8) is 0 Å². The summed E-state index contributed by atoms with van der Waals surface area (Å²) in [5.41, 5.74) is 0.511. The summed E-state index contributed by atoms with van der Waals surface area (Å²) < 4.78 is 39.4. The standard InChI is InChI=1S/C13H12F3N3O2/c1-8-2-3-9(13(14,15)16)6-11(8)19-7-10(17-18-19)4-5-12(20)21/h2-3,6-7H,4-5H2,1H3,(H,20,21). The molecule has 0 aliphatic carbocycles. The first-order valence-corrected chi connectivity index (χ1v) is 6.08. The van der Waals surface area contributed by atoms with Crippen molar-refractivity contribution in [3.05, 3.63) is 41.2 Å². The Kier molecular flexibility index (Phi) is 3.97. The van der Waals surface area contributed by atoms with Crippen LogP contribution in [0.25, 0.3) is 5.69 Å². The SMILES string of the molecule is Cc1ccc(C(F)(F)F)cc1-n1cc(CCC(=O)O)nn1. The maximum absolute atomic E-state index is 12.7. The number of alkyl halides is 3. The molecule has 0 spiro atoms. The van der Waals surface area contributed by atoms with Crippen LogP contribution < -0.4 is 0 Å². The second-order valence-electron chi connectivity index (χ2n) is 4.55. The summed E-state index contributed by atoms with van der Waals surface area (Å²) in [7, 11) is 0. The van der Waals surface area contributed by atoms with Gasteiger partial charge in [-0.25, -0.2) is 4.68 Å². The molecule has 0 saturated heterocycles. The highest BCUT2D eigenvalue weighted by Gasteiger charge is 2.31. The van der Waals surface area contributed by atoms with Gasteiger partial charge in [-0.3, -0.25) is 4.79 Å². The van der Waals surface area contributed by atoms with Gasteiger partial charge in [0.2, 0.25) is 0 Å². The number of aliphatic carboxylic acids is 1. The molecule has 0 radical (unpaired) electrons. The van der Waals surface area contributed by atoms with E-state index in [0.29, 0.717) is 11.3 Å². The van der Waals surface area contributed by atoms with Crippen LogP contribution in [-0.4, -0.2) is 26.1 Å². The fourth-order valence-electron chi connectivity index (χ4n) is 1.80. The molecular weight excluding hydrogens is 287 g/mol. The molecule has 0 bridgehead atoms. The molecule has 0 unspecified atom stereocenters. The number of aryl methyl sites for hydroxylation is 2. The van der Waals surface area contributed by atoms with Gasteiger partial charge in [0.1, 0.15) is 0 Å². The average Bonchev–Trinajstić information content (AvgIpc) is 2.84. The van der Waals surface area contributed by atoms with E-state index in [0.717, 1.165) is 12.1 Å². The van der Waals surface area contributed by atoms with Crippen LogP contribution in [0.15, 0.2) is 24.4 Å². The molecule has 2 rings (SSSR count). The molecule has 0 aliphatic heterocycles. The van der Waals surface area contributed by atoms with Crippen LogP contribution in [0, 0.1) is 6.92 Å². The van der Waals surface area contributed by atoms with E-state index < -0.39 is 17.7 Å². The van der Waals surface area contributed by atoms with Crippen molar-refractivity contribution in [2.24, 2.45) is 0 Å². The summed E-state index contributed by atoms with van der Waals surface area (Å²) in [6, 6.07) is 3.35. The molecule has 0 aliphatic rings. The minimum atomic E-state index is -4.44. The van der Waals surface area contributed by atoms with Crippen LogP contribution in [0.3, 0.4) is 0 Å². The van der Waals surface area contributed by atoms with E-state index in [4.69, 9.17) is 5.11 Å². The van der Waals surface area contributed by atoms with Crippen molar-refractivity contribution in [1.82, 2.24) is 15.0 Å². The molecule has 2 aromatic rings. The highest BCUT2D eigenvalue weighted by Crippen LogP contribution is 2.31. The number of halogens is 3. The third-order valence-electron chi connectivity index (χ3n) is 2.92. The molecule has 112 valence electrons. The van der Waals surface area contributed by atoms with Gasteiger partial charge in [0.15, 0.2) is 0 Å². The number of carbonyl (C=O) groups is 1. The average molecular weight is 299 g/mol. The Bertz CT molecular complexity index is 665. The molecule has 0 saturated carbocycles. The van der Waals surface area contributed by atoms with Crippen molar-refractivity contribution in [1.29, 1.82) is 0 Å². The van der Waals surface area contributed by atoms with Crippen molar-refractivity contribution in [3.8, 4) is 5.69 Å². The van der Waals surface area contributed by atoms with E-state index in [1.807, 2.05) is 0 Å². The van der Waals surface area contributed by atoms with Crippen LogP contribution in [0.5, 0.6) is 0 Å². The topological polar surface area (TPSA) is 68.0 Å². The molecule has 1 aromatic heterocycles. The molecule has 0 fully saturated rings. The van der Waals surface area contributed by atoms with Gasteiger partial charge in [-0.05, 0) is 24.6 Å². The predicted molar refractivity (Wildman–Crippen MR) is 67.1 cm³/mol. The van der Waals surface area contributed by atoms with Crippen molar-refractivity contribution in [2.45, 2.75) is 25.9 Å². The third kappa shape index (κ3) is 3.59. The van der Waals surface area contributed by atoms with Crippen molar-refractivity contribution >= 4 is 5.97 Å². The Morgan fingerprint density at radius 1 is 1.38 bits per heavy atom. The number of hydrogen-bond donors (Lipinski definition) is 1. The second kappa shape index (κ2) is 5.55. The fraction of sp³-hybridized carbons (Fsp3) is 0.308. The number of rotatable bonds is 4. The third-order valence-corrected chi connectivity index (χ3v) is 2.92. The van der Waals surface area contributed by atoms with E-state index in [1.165, 1.54) is 16.9 Å². The molecule has 1 heterocycles. The van der Waals surface area contributed by atoms with E-state index in [9.17, 15) is 18.0 Å². The largest absolute Gasteiger partial charge is 0.481 e. The van der Waals surface area contributed by atoms with Crippen molar-refractivity contribution < 1.29 is 23.1 Å². The van der Waals surface area contributed by atoms with Crippen LogP contribution in [0.1, 0.15) is 23.2 Å². The fourth-order valence-corrected chi connectivity index (χ4v) is 1.80. The van der Waals surface area contributed by atoms with Crippen LogP contribution in [0.2, 0.25) is 0 Å². The summed E-state index contributed by atoms with van der Waals surface area (Å²) in [5, 5.41) is 16.1. The van der Waals surface area contributed by atoms with Gasteiger partial charge in [0.25, 0.3) is 0 Å². The zero-order chi connectivity index (χ0) is 15.6. The lowest BCUT2D eigenvalue weighted by atomic mass is 10.1. The van der Waals surface area contributed by atoms with Crippen LogP contribution in [0.4, 0.5) is 13.2 Å². The number of carboxylic acid groups (broad SMARTS) is 1. The van der Waals surface area contributed by atoms with Crippen LogP contribution in [-0.2, 0) is 17.4 Å². The van der Waals surface area contributed by atoms with E-state index in [-0.39, 0.29) is 18.5 Å². The van der Waals surface area contributed by atoms with Gasteiger partial charge in [-0.2, -0.15) is 13.2 Å². The highest BCUT2D eigenvalue weighted by atomic mass is 19.4. The number of aromatic nitrogens is 3. The molecule has 1 aromatic carbocycles. The molecule has 1 N–H and O–H groups in total. The quantitative estimate of drug-likeness (QED) is 0.942. The van der Waals surface area contributed by atoms with Gasteiger partial charge in [0.05, 0.1) is 29.6 Å². The van der Waals surface area contributed by atoms with E-state index in [2.05, 4.69) is 10.3 Å². The number of nitrogens with zero attached hydrogens (tertiary/aromatic N) is 3. The summed E-state index contributed by atoms with van der Waals surface area (Å²) >= 11 is 0. The van der Waals surface area contributed by atoms with E-state index >= 15 is 0 Å². The Morgan fingerprint density at radius 2 is 2.10 bits per heavy atom. The molecular formula is C13H12F3N3O2. The number of hydrogen-bond acceptors (Lipinski definition) is 3. The minimum Gasteiger partial charge on any atom is -0.481 e. The first-order chi connectivity index (χ1) is 9.77. The summed E-state index contributed by atoms with van der Waals surface area (Å²) in [4.78, 5) is 10.5. The summed E-state index contributed by atoms with van der Waals surface area (Å²) in [6.07, 6.45) is -2.94. The maximum Gasteiger partial charge on any atom is 0.416 e. The zero-order valence-corrected chi connectivity index (χ0v) is 11.1. The van der Waals surface area contributed by atoms with Gasteiger partial charge >= 0.3 is 12.1 Å². The molecule has 21 heavy (non-hydrogen) atoms. The number of benzene rings is 1. The second-order valence-corrected chi connectivity index (χ2v) is 4.55. The minimum absolute atomic E-state index is 0.111. The Labute approximate surface area is 118 Å². The Balaban J connectivity index is 2.31.